The summed E-state index contributed by atoms with van der Waals surface area (Å²) in [4.78, 5) is 21.4. The van der Waals surface area contributed by atoms with Crippen LogP contribution in [-0.2, 0) is 17.6 Å². The van der Waals surface area contributed by atoms with Gasteiger partial charge in [-0.25, -0.2) is 4.98 Å². The van der Waals surface area contributed by atoms with Gasteiger partial charge in [-0.2, -0.15) is 0 Å². The Bertz CT molecular complexity index is 1160. The lowest BCUT2D eigenvalue weighted by Crippen LogP contribution is -2.15. The molecule has 1 N–H and O–H groups in total. The van der Waals surface area contributed by atoms with E-state index in [0.29, 0.717) is 12.2 Å². The van der Waals surface area contributed by atoms with Gasteiger partial charge in [0.1, 0.15) is 5.76 Å². The Kier molecular flexibility index (Phi) is 5.72. The maximum Gasteiger partial charge on any atom is 0.228 e. The Morgan fingerprint density at radius 1 is 1.20 bits per heavy atom. The third-order valence-corrected chi connectivity index (χ3v) is 5.85. The third-order valence-electron chi connectivity index (χ3n) is 5.00. The largest absolute Gasteiger partial charge is 0.361 e. The minimum atomic E-state index is -0.0904. The fraction of sp³-hybridized carbons (Fsp3) is 0.217. The molecule has 3 heterocycles. The first kappa shape index (κ1) is 20.0. The maximum atomic E-state index is 12.5. The second-order valence-electron chi connectivity index (χ2n) is 7.21. The summed E-state index contributed by atoms with van der Waals surface area (Å²) in [6.07, 6.45) is 4.53. The first-order chi connectivity index (χ1) is 14.5. The SMILES string of the molecule is Cc1ccc(NC(=O)Cc2c(C)noc2C)cc1Cc1nc(-c2cccnc2)cs1. The number of aromatic nitrogens is 3. The van der Waals surface area contributed by atoms with Gasteiger partial charge in [0.2, 0.25) is 5.91 Å². The predicted octanol–water partition coefficient (Wildman–Crippen LogP) is 4.89. The molecule has 30 heavy (non-hydrogen) atoms. The van der Waals surface area contributed by atoms with E-state index in [4.69, 9.17) is 9.51 Å². The first-order valence-electron chi connectivity index (χ1n) is 9.65. The number of anilines is 1. The van der Waals surface area contributed by atoms with E-state index in [1.807, 2.05) is 50.4 Å². The molecule has 0 aliphatic heterocycles. The van der Waals surface area contributed by atoms with Crippen LogP contribution in [0, 0.1) is 20.8 Å². The Hall–Kier alpha value is -3.32. The number of nitrogens with one attached hydrogen (secondary N) is 1. The highest BCUT2D eigenvalue weighted by Crippen LogP contribution is 2.25. The topological polar surface area (TPSA) is 80.9 Å². The van der Waals surface area contributed by atoms with Crippen molar-refractivity contribution < 1.29 is 9.32 Å². The first-order valence-corrected chi connectivity index (χ1v) is 10.5. The van der Waals surface area contributed by atoms with E-state index in [9.17, 15) is 4.79 Å². The van der Waals surface area contributed by atoms with Crippen LogP contribution in [0.5, 0.6) is 0 Å². The minimum absolute atomic E-state index is 0.0904. The van der Waals surface area contributed by atoms with Crippen molar-refractivity contribution in [3.05, 3.63) is 81.3 Å². The number of amides is 1. The molecule has 3 aromatic heterocycles. The van der Waals surface area contributed by atoms with E-state index < -0.39 is 0 Å². The molecule has 6 nitrogen and oxygen atoms in total. The highest BCUT2D eigenvalue weighted by Gasteiger charge is 2.14. The Labute approximate surface area is 179 Å². The zero-order valence-electron chi connectivity index (χ0n) is 17.1. The summed E-state index contributed by atoms with van der Waals surface area (Å²) in [6, 6.07) is 9.88. The molecule has 7 heteroatoms. The van der Waals surface area contributed by atoms with Crippen LogP contribution in [0.1, 0.15) is 33.2 Å². The number of carbonyl (C=O) groups excluding carboxylic acids is 1. The molecule has 0 saturated carbocycles. The summed E-state index contributed by atoms with van der Waals surface area (Å²) in [5.41, 5.74) is 6.61. The summed E-state index contributed by atoms with van der Waals surface area (Å²) >= 11 is 1.63. The van der Waals surface area contributed by atoms with E-state index in [1.54, 1.807) is 17.5 Å². The summed E-state index contributed by atoms with van der Waals surface area (Å²) < 4.78 is 5.14. The minimum Gasteiger partial charge on any atom is -0.361 e. The molecule has 0 unspecified atom stereocenters. The lowest BCUT2D eigenvalue weighted by molar-refractivity contribution is -0.115. The van der Waals surface area contributed by atoms with Gasteiger partial charge in [-0.05, 0) is 56.2 Å². The molecular formula is C23H22N4O2S. The number of benzene rings is 1. The normalized spacial score (nSPS) is 10.9. The Balaban J connectivity index is 1.47. The van der Waals surface area contributed by atoms with Crippen LogP contribution >= 0.6 is 11.3 Å². The monoisotopic (exact) mass is 418 g/mol. The lowest BCUT2D eigenvalue weighted by atomic mass is 10.0. The molecule has 1 amide bonds. The molecule has 0 radical (unpaired) electrons. The van der Waals surface area contributed by atoms with Gasteiger partial charge in [-0.3, -0.25) is 9.78 Å². The van der Waals surface area contributed by atoms with Crippen LogP contribution in [0.25, 0.3) is 11.3 Å². The Morgan fingerprint density at radius 3 is 2.80 bits per heavy atom. The smallest absolute Gasteiger partial charge is 0.228 e. The van der Waals surface area contributed by atoms with Gasteiger partial charge in [-0.1, -0.05) is 11.2 Å². The molecule has 0 spiro atoms. The number of aryl methyl sites for hydroxylation is 3. The molecule has 4 aromatic rings. The van der Waals surface area contributed by atoms with E-state index >= 15 is 0 Å². The molecule has 0 saturated heterocycles. The van der Waals surface area contributed by atoms with Crippen molar-refractivity contribution in [1.29, 1.82) is 0 Å². The van der Waals surface area contributed by atoms with Crippen molar-refractivity contribution in [3.8, 4) is 11.3 Å². The van der Waals surface area contributed by atoms with Gasteiger partial charge in [0, 0.05) is 41.0 Å². The van der Waals surface area contributed by atoms with E-state index in [0.717, 1.165) is 44.3 Å². The van der Waals surface area contributed by atoms with Gasteiger partial charge < -0.3 is 9.84 Å². The van der Waals surface area contributed by atoms with Crippen molar-refractivity contribution in [2.75, 3.05) is 5.32 Å². The molecule has 4 rings (SSSR count). The van der Waals surface area contributed by atoms with Gasteiger partial charge in [-0.15, -0.1) is 11.3 Å². The quantitative estimate of drug-likeness (QED) is 0.482. The average molecular weight is 419 g/mol. The number of rotatable bonds is 6. The van der Waals surface area contributed by atoms with Crippen LogP contribution in [0.4, 0.5) is 5.69 Å². The molecule has 0 aliphatic rings. The van der Waals surface area contributed by atoms with E-state index in [1.165, 1.54) is 0 Å². The van der Waals surface area contributed by atoms with Crippen molar-refractivity contribution in [1.82, 2.24) is 15.1 Å². The molecule has 0 aliphatic carbocycles. The van der Waals surface area contributed by atoms with Crippen molar-refractivity contribution in [2.24, 2.45) is 0 Å². The highest BCUT2D eigenvalue weighted by molar-refractivity contribution is 7.10. The Morgan fingerprint density at radius 2 is 2.07 bits per heavy atom. The van der Waals surface area contributed by atoms with Crippen LogP contribution in [0.15, 0.2) is 52.6 Å². The van der Waals surface area contributed by atoms with Crippen LogP contribution in [0.3, 0.4) is 0 Å². The number of thiazole rings is 1. The number of carbonyl (C=O) groups is 1. The zero-order chi connectivity index (χ0) is 21.1. The molecule has 1 aromatic carbocycles. The predicted molar refractivity (Wildman–Crippen MR) is 118 cm³/mol. The molecular weight excluding hydrogens is 396 g/mol. The summed E-state index contributed by atoms with van der Waals surface area (Å²) in [5.74, 6) is 0.591. The third kappa shape index (κ3) is 4.46. The van der Waals surface area contributed by atoms with Crippen molar-refractivity contribution in [2.45, 2.75) is 33.6 Å². The number of nitrogens with zero attached hydrogens (tertiary/aromatic N) is 3. The second kappa shape index (κ2) is 8.59. The number of pyridine rings is 1. The van der Waals surface area contributed by atoms with Gasteiger partial charge in [0.15, 0.2) is 0 Å². The van der Waals surface area contributed by atoms with Crippen LogP contribution in [-0.4, -0.2) is 21.0 Å². The average Bonchev–Trinajstić information content (AvgIpc) is 3.33. The molecule has 0 fully saturated rings. The van der Waals surface area contributed by atoms with Gasteiger partial charge in [0.05, 0.1) is 22.8 Å². The van der Waals surface area contributed by atoms with Gasteiger partial charge >= 0.3 is 0 Å². The van der Waals surface area contributed by atoms with Crippen molar-refractivity contribution >= 4 is 22.9 Å². The summed E-state index contributed by atoms with van der Waals surface area (Å²) in [6.45, 7) is 5.73. The summed E-state index contributed by atoms with van der Waals surface area (Å²) in [7, 11) is 0. The molecule has 152 valence electrons. The van der Waals surface area contributed by atoms with Crippen LogP contribution < -0.4 is 5.32 Å². The fourth-order valence-electron chi connectivity index (χ4n) is 3.26. The van der Waals surface area contributed by atoms with Crippen LogP contribution in [0.2, 0.25) is 0 Å². The molecule has 0 atom stereocenters. The zero-order valence-corrected chi connectivity index (χ0v) is 17.9. The molecule has 0 bridgehead atoms. The standard InChI is InChI=1S/C23H22N4O2S/c1-14-6-7-19(25-22(28)11-20-15(2)27-29-16(20)3)9-18(14)10-23-26-21(13-30-23)17-5-4-8-24-12-17/h4-9,12-13H,10-11H2,1-3H3,(H,25,28). The van der Waals surface area contributed by atoms with Crippen molar-refractivity contribution in [3.63, 3.8) is 0 Å². The van der Waals surface area contributed by atoms with E-state index in [2.05, 4.69) is 27.8 Å². The number of hydrogen-bond donors (Lipinski definition) is 1. The summed E-state index contributed by atoms with van der Waals surface area (Å²) in [5, 5.41) is 9.97. The number of hydrogen-bond acceptors (Lipinski definition) is 6. The highest BCUT2D eigenvalue weighted by atomic mass is 32.1. The van der Waals surface area contributed by atoms with Gasteiger partial charge in [0.25, 0.3) is 0 Å². The fourth-order valence-corrected chi connectivity index (χ4v) is 4.09. The maximum absolute atomic E-state index is 12.5. The second-order valence-corrected chi connectivity index (χ2v) is 8.16. The lowest BCUT2D eigenvalue weighted by Gasteiger charge is -2.10. The van der Waals surface area contributed by atoms with E-state index in [-0.39, 0.29) is 12.3 Å².